The van der Waals surface area contributed by atoms with E-state index in [-0.39, 0.29) is 11.2 Å². The van der Waals surface area contributed by atoms with Crippen LogP contribution in [0.2, 0.25) is 0 Å². The van der Waals surface area contributed by atoms with E-state index in [1.165, 1.54) is 37.3 Å². The van der Waals surface area contributed by atoms with E-state index in [0.29, 0.717) is 29.7 Å². The predicted octanol–water partition coefficient (Wildman–Crippen LogP) is 0.786. The Balaban J connectivity index is 1.67. The van der Waals surface area contributed by atoms with Crippen LogP contribution in [0.4, 0.5) is 0 Å². The molecule has 0 spiro atoms. The van der Waals surface area contributed by atoms with Crippen LogP contribution in [0.5, 0.6) is 6.01 Å². The van der Waals surface area contributed by atoms with Crippen molar-refractivity contribution in [3.63, 3.8) is 0 Å². The first-order valence-electron chi connectivity index (χ1n) is 8.22. The van der Waals surface area contributed by atoms with E-state index in [9.17, 15) is 9.59 Å². The maximum atomic E-state index is 12.3. The summed E-state index contributed by atoms with van der Waals surface area (Å²) < 4.78 is 10.1. The molecule has 2 saturated carbocycles. The molecule has 124 valence electrons. The molecule has 0 radical (unpaired) electrons. The molecule has 0 aliphatic heterocycles. The molecule has 2 aliphatic carbocycles. The van der Waals surface area contributed by atoms with Crippen LogP contribution >= 0.6 is 0 Å². The number of rotatable bonds is 3. The van der Waals surface area contributed by atoms with Gasteiger partial charge in [-0.15, -0.1) is 0 Å². The topological polar surface area (TPSA) is 71.1 Å². The number of imidazole rings is 1. The van der Waals surface area contributed by atoms with Gasteiger partial charge < -0.3 is 4.74 Å². The number of fused-ring (bicyclic) bond motifs is 3. The lowest BCUT2D eigenvalue weighted by atomic mass is 9.90. The molecule has 2 aromatic rings. The van der Waals surface area contributed by atoms with Crippen LogP contribution in [-0.4, -0.2) is 25.3 Å². The van der Waals surface area contributed by atoms with Gasteiger partial charge in [-0.1, -0.05) is 6.42 Å². The quantitative estimate of drug-likeness (QED) is 0.839. The molecule has 2 fully saturated rings. The number of nitrogens with zero attached hydrogens (tertiary/aromatic N) is 4. The lowest BCUT2D eigenvalue weighted by Crippen LogP contribution is -2.37. The molecule has 0 saturated heterocycles. The van der Waals surface area contributed by atoms with Crippen LogP contribution in [-0.2, 0) is 21.1 Å². The highest BCUT2D eigenvalue weighted by atomic mass is 16.5. The van der Waals surface area contributed by atoms with Crippen LogP contribution in [0.25, 0.3) is 11.2 Å². The summed E-state index contributed by atoms with van der Waals surface area (Å²) in [6, 6.07) is 0.418. The van der Waals surface area contributed by atoms with Crippen LogP contribution in [0.1, 0.15) is 25.7 Å². The fourth-order valence-electron chi connectivity index (χ4n) is 4.39. The highest BCUT2D eigenvalue weighted by Crippen LogP contribution is 2.48. The zero-order valence-electron chi connectivity index (χ0n) is 13.8. The third-order valence-corrected chi connectivity index (χ3v) is 5.75. The van der Waals surface area contributed by atoms with E-state index in [4.69, 9.17) is 4.74 Å². The molecular formula is C16H22N4O3. The third-order valence-electron chi connectivity index (χ3n) is 5.75. The van der Waals surface area contributed by atoms with Crippen LogP contribution < -0.4 is 16.0 Å². The number of hydrogen-bond donors (Lipinski definition) is 0. The largest absolute Gasteiger partial charge is 0.464 e. The van der Waals surface area contributed by atoms with Crippen molar-refractivity contribution < 1.29 is 4.74 Å². The first-order valence-corrected chi connectivity index (χ1v) is 8.22. The Morgan fingerprint density at radius 3 is 2.52 bits per heavy atom. The monoisotopic (exact) mass is 318 g/mol. The minimum absolute atomic E-state index is 0.340. The molecule has 7 heteroatoms. The van der Waals surface area contributed by atoms with Gasteiger partial charge in [0.25, 0.3) is 11.6 Å². The minimum atomic E-state index is -0.375. The minimum Gasteiger partial charge on any atom is -0.464 e. The molecule has 3 atom stereocenters. The first-order chi connectivity index (χ1) is 11.0. The molecule has 2 aromatic heterocycles. The Morgan fingerprint density at radius 2 is 1.87 bits per heavy atom. The Bertz CT molecular complexity index is 891. The summed E-state index contributed by atoms with van der Waals surface area (Å²) in [5, 5.41) is 0. The van der Waals surface area contributed by atoms with Gasteiger partial charge in [0.15, 0.2) is 11.2 Å². The number of aromatic nitrogens is 4. The van der Waals surface area contributed by atoms with Gasteiger partial charge in [0, 0.05) is 21.1 Å². The average molecular weight is 318 g/mol. The van der Waals surface area contributed by atoms with Crippen molar-refractivity contribution in [2.75, 3.05) is 6.61 Å². The van der Waals surface area contributed by atoms with Gasteiger partial charge in [0.05, 0.1) is 6.61 Å². The van der Waals surface area contributed by atoms with Gasteiger partial charge in [0.2, 0.25) is 0 Å². The second kappa shape index (κ2) is 4.97. The normalized spacial score (nSPS) is 26.3. The zero-order valence-corrected chi connectivity index (χ0v) is 13.8. The van der Waals surface area contributed by atoms with Gasteiger partial charge in [0.1, 0.15) is 0 Å². The lowest BCUT2D eigenvalue weighted by molar-refractivity contribution is 0.180. The Morgan fingerprint density at radius 1 is 1.09 bits per heavy atom. The number of aryl methyl sites for hydroxylation is 2. The van der Waals surface area contributed by atoms with Gasteiger partial charge in [-0.3, -0.25) is 18.5 Å². The van der Waals surface area contributed by atoms with E-state index in [1.807, 2.05) is 0 Å². The molecular weight excluding hydrogens is 296 g/mol. The zero-order chi connectivity index (χ0) is 16.3. The first kappa shape index (κ1) is 14.5. The van der Waals surface area contributed by atoms with E-state index in [1.54, 1.807) is 18.7 Å². The molecule has 7 nitrogen and oxygen atoms in total. The Kier molecular flexibility index (Phi) is 3.14. The maximum absolute atomic E-state index is 12.3. The van der Waals surface area contributed by atoms with Crippen molar-refractivity contribution in [3.8, 4) is 6.01 Å². The summed E-state index contributed by atoms with van der Waals surface area (Å²) in [6.45, 7) is 0.645. The SMILES string of the molecule is Cn1c(=O)c2c(nc(OC[C@H]3C[C@H]4CC[C@@H]3C4)n2C)n(C)c1=O. The Hall–Kier alpha value is -2.05. The second-order valence-electron chi connectivity index (χ2n) is 7.08. The molecule has 4 rings (SSSR count). The van der Waals surface area contributed by atoms with Gasteiger partial charge in [-0.05, 0) is 37.0 Å². The highest BCUT2D eigenvalue weighted by Gasteiger charge is 2.39. The summed E-state index contributed by atoms with van der Waals surface area (Å²) in [5.74, 6) is 2.26. The smallest absolute Gasteiger partial charge is 0.332 e. The summed E-state index contributed by atoms with van der Waals surface area (Å²) in [4.78, 5) is 28.7. The second-order valence-corrected chi connectivity index (χ2v) is 7.08. The summed E-state index contributed by atoms with van der Waals surface area (Å²) in [5.41, 5.74) is 0.0641. The Labute approximate surface area is 133 Å². The summed E-state index contributed by atoms with van der Waals surface area (Å²) >= 11 is 0. The van der Waals surface area contributed by atoms with Crippen molar-refractivity contribution in [1.82, 2.24) is 18.7 Å². The van der Waals surface area contributed by atoms with Gasteiger partial charge >= 0.3 is 5.69 Å². The van der Waals surface area contributed by atoms with Gasteiger partial charge in [-0.2, -0.15) is 4.98 Å². The van der Waals surface area contributed by atoms with Crippen molar-refractivity contribution in [3.05, 3.63) is 20.8 Å². The third kappa shape index (κ3) is 2.05. The fourth-order valence-corrected chi connectivity index (χ4v) is 4.39. The van der Waals surface area contributed by atoms with Crippen molar-refractivity contribution in [2.24, 2.45) is 38.9 Å². The van der Waals surface area contributed by atoms with Crippen molar-refractivity contribution in [2.45, 2.75) is 25.7 Å². The molecule has 2 aliphatic rings. The number of ether oxygens (including phenoxy) is 1. The van der Waals surface area contributed by atoms with Crippen LogP contribution in [0.15, 0.2) is 9.59 Å². The van der Waals surface area contributed by atoms with Crippen molar-refractivity contribution in [1.29, 1.82) is 0 Å². The molecule has 0 amide bonds. The summed E-state index contributed by atoms with van der Waals surface area (Å²) in [6.07, 6.45) is 5.27. The molecule has 0 N–H and O–H groups in total. The number of hydrogen-bond acceptors (Lipinski definition) is 4. The van der Waals surface area contributed by atoms with Crippen LogP contribution in [0.3, 0.4) is 0 Å². The maximum Gasteiger partial charge on any atom is 0.332 e. The molecule has 0 aromatic carbocycles. The van der Waals surface area contributed by atoms with E-state index >= 15 is 0 Å². The highest BCUT2D eigenvalue weighted by molar-refractivity contribution is 5.71. The van der Waals surface area contributed by atoms with E-state index < -0.39 is 0 Å². The molecule has 2 bridgehead atoms. The molecule has 2 heterocycles. The van der Waals surface area contributed by atoms with E-state index in [2.05, 4.69) is 4.98 Å². The lowest BCUT2D eigenvalue weighted by Gasteiger charge is -2.21. The van der Waals surface area contributed by atoms with Gasteiger partial charge in [-0.25, -0.2) is 4.79 Å². The van der Waals surface area contributed by atoms with Crippen molar-refractivity contribution >= 4 is 11.2 Å². The molecule has 0 unspecified atom stereocenters. The summed E-state index contributed by atoms with van der Waals surface area (Å²) in [7, 11) is 4.86. The van der Waals surface area contributed by atoms with Crippen LogP contribution in [0, 0.1) is 17.8 Å². The fraction of sp³-hybridized carbons (Fsp3) is 0.688. The average Bonchev–Trinajstić information content (AvgIpc) is 3.23. The predicted molar refractivity (Wildman–Crippen MR) is 85.6 cm³/mol. The standard InChI is InChI=1S/C16H22N4O3/c1-18-12-13(19(2)16(22)20(3)14(12)21)17-15(18)23-8-11-7-9-4-5-10(11)6-9/h9-11H,4-8H2,1-3H3/t9-,10+,11+/m0/s1. The van der Waals surface area contributed by atoms with E-state index in [0.717, 1.165) is 16.4 Å². The molecule has 23 heavy (non-hydrogen) atoms.